The van der Waals surface area contributed by atoms with E-state index in [9.17, 15) is 13.2 Å². The molecule has 1 aromatic heterocycles. The molecule has 2 rings (SSSR count). The molecule has 0 aliphatic carbocycles. The molecule has 0 saturated carbocycles. The Morgan fingerprint density at radius 2 is 1.79 bits per heavy atom. The maximum absolute atomic E-state index is 12.4. The first-order chi connectivity index (χ1) is 6.50. The topological polar surface area (TPSA) is 4.93 Å². The van der Waals surface area contributed by atoms with Crippen molar-refractivity contribution in [2.24, 2.45) is 0 Å². The molecule has 0 aliphatic heterocycles. The normalized spacial score (nSPS) is 12.3. The average molecular weight is 220 g/mol. The van der Waals surface area contributed by atoms with Gasteiger partial charge in [-0.2, -0.15) is 13.2 Å². The molecule has 74 valence electrons. The summed E-state index contributed by atoms with van der Waals surface area (Å²) >= 11 is 5.54. The van der Waals surface area contributed by atoms with Crippen molar-refractivity contribution >= 4 is 22.7 Å². The smallest absolute Gasteiger partial charge is 0.248 e. The van der Waals surface area contributed by atoms with E-state index in [0.29, 0.717) is 15.0 Å². The molecule has 0 radical (unpaired) electrons. The molecule has 0 unspecified atom stereocenters. The largest absolute Gasteiger partial charge is 0.432 e. The minimum Gasteiger partial charge on any atom is -0.248 e. The van der Waals surface area contributed by atoms with Crippen LogP contribution in [0.1, 0.15) is 5.69 Å². The third-order valence-corrected chi connectivity index (χ3v) is 2.31. The fourth-order valence-electron chi connectivity index (χ4n) is 1.32. The predicted molar refractivity (Wildman–Crippen MR) is 48.2 cm³/mol. The van der Waals surface area contributed by atoms with Gasteiger partial charge in [0.25, 0.3) is 0 Å². The van der Waals surface area contributed by atoms with E-state index < -0.39 is 11.9 Å². The van der Waals surface area contributed by atoms with Crippen LogP contribution < -0.4 is 0 Å². The molecular formula is C9H5ClF3N. The van der Waals surface area contributed by atoms with Gasteiger partial charge in [-0.1, -0.05) is 18.2 Å². The lowest BCUT2D eigenvalue weighted by molar-refractivity contribution is -0.141. The van der Waals surface area contributed by atoms with Crippen molar-refractivity contribution in [1.29, 1.82) is 0 Å². The van der Waals surface area contributed by atoms with Crippen molar-refractivity contribution in [3.8, 4) is 0 Å². The van der Waals surface area contributed by atoms with Crippen molar-refractivity contribution in [3.63, 3.8) is 0 Å². The van der Waals surface area contributed by atoms with E-state index in [0.717, 1.165) is 6.07 Å². The predicted octanol–water partition coefficient (Wildman–Crippen LogP) is 3.66. The zero-order valence-corrected chi connectivity index (χ0v) is 7.60. The van der Waals surface area contributed by atoms with Gasteiger partial charge in [0.15, 0.2) is 0 Å². The quantitative estimate of drug-likeness (QED) is 0.637. The van der Waals surface area contributed by atoms with Gasteiger partial charge in [-0.05, 0) is 12.1 Å². The second-order valence-corrected chi connectivity index (χ2v) is 3.21. The maximum atomic E-state index is 12.4. The number of rotatable bonds is 0. The molecule has 0 amide bonds. The van der Waals surface area contributed by atoms with Crippen molar-refractivity contribution in [3.05, 3.63) is 36.0 Å². The zero-order chi connectivity index (χ0) is 10.3. The lowest BCUT2D eigenvalue weighted by Crippen LogP contribution is -2.08. The molecule has 0 aliphatic rings. The third-order valence-electron chi connectivity index (χ3n) is 1.94. The van der Waals surface area contributed by atoms with E-state index in [1.807, 2.05) is 0 Å². The second kappa shape index (κ2) is 2.92. The van der Waals surface area contributed by atoms with Gasteiger partial charge in [-0.25, -0.2) is 4.09 Å². The van der Waals surface area contributed by atoms with Crippen LogP contribution in [0, 0.1) is 0 Å². The molecule has 1 heterocycles. The minimum atomic E-state index is -4.42. The van der Waals surface area contributed by atoms with Crippen LogP contribution in [-0.4, -0.2) is 4.09 Å². The molecule has 0 spiro atoms. The highest BCUT2D eigenvalue weighted by Crippen LogP contribution is 2.34. The summed E-state index contributed by atoms with van der Waals surface area (Å²) in [5.41, 5.74) is -0.484. The lowest BCUT2D eigenvalue weighted by Gasteiger charge is -2.05. The van der Waals surface area contributed by atoms with E-state index >= 15 is 0 Å². The third kappa shape index (κ3) is 1.35. The Bertz CT molecular complexity index is 472. The number of alkyl halides is 3. The van der Waals surface area contributed by atoms with Crippen molar-refractivity contribution in [2.45, 2.75) is 6.18 Å². The second-order valence-electron chi connectivity index (χ2n) is 2.87. The van der Waals surface area contributed by atoms with E-state index in [1.165, 1.54) is 6.07 Å². The Kier molecular flexibility index (Phi) is 1.96. The first-order valence-electron chi connectivity index (χ1n) is 3.84. The molecule has 0 N–H and O–H groups in total. The molecule has 0 saturated heterocycles. The SMILES string of the molecule is FC(F)(F)c1cc2ccccc2n1Cl. The molecular weight excluding hydrogens is 215 g/mol. The van der Waals surface area contributed by atoms with Gasteiger partial charge in [-0.15, -0.1) is 0 Å². The minimum absolute atomic E-state index is 0.362. The van der Waals surface area contributed by atoms with E-state index in [-0.39, 0.29) is 0 Å². The molecule has 0 bridgehead atoms. The summed E-state index contributed by atoms with van der Waals surface area (Å²) in [6.07, 6.45) is -4.42. The van der Waals surface area contributed by atoms with Crippen LogP contribution in [0.5, 0.6) is 0 Å². The van der Waals surface area contributed by atoms with Crippen molar-refractivity contribution in [2.75, 3.05) is 0 Å². The standard InChI is InChI=1S/C9H5ClF3N/c10-14-7-4-2-1-3-6(7)5-8(14)9(11,12)13/h1-5H. The molecule has 1 aromatic carbocycles. The van der Waals surface area contributed by atoms with Crippen LogP contribution >= 0.6 is 11.8 Å². The number of hydrogen-bond donors (Lipinski definition) is 0. The molecule has 0 fully saturated rings. The van der Waals surface area contributed by atoms with Crippen LogP contribution in [0.3, 0.4) is 0 Å². The Morgan fingerprint density at radius 3 is 2.36 bits per heavy atom. The maximum Gasteiger partial charge on any atom is 0.432 e. The van der Waals surface area contributed by atoms with Crippen LogP contribution in [0.15, 0.2) is 30.3 Å². The summed E-state index contributed by atoms with van der Waals surface area (Å²) in [6, 6.07) is 7.46. The highest BCUT2D eigenvalue weighted by molar-refractivity contribution is 6.19. The highest BCUT2D eigenvalue weighted by Gasteiger charge is 2.35. The summed E-state index contributed by atoms with van der Waals surface area (Å²) in [5, 5.41) is 0.481. The van der Waals surface area contributed by atoms with Gasteiger partial charge in [0.05, 0.1) is 5.52 Å². The molecule has 2 aromatic rings. The van der Waals surface area contributed by atoms with Crippen molar-refractivity contribution < 1.29 is 13.2 Å². The number of fused-ring (bicyclic) bond motifs is 1. The number of aromatic nitrogens is 1. The van der Waals surface area contributed by atoms with Gasteiger partial charge < -0.3 is 0 Å². The summed E-state index contributed by atoms with van der Waals surface area (Å²) in [6.45, 7) is 0. The fraction of sp³-hybridized carbons (Fsp3) is 0.111. The average Bonchev–Trinajstić information content (AvgIpc) is 2.44. The van der Waals surface area contributed by atoms with Gasteiger partial charge in [0, 0.05) is 17.2 Å². The van der Waals surface area contributed by atoms with Gasteiger partial charge in [0.1, 0.15) is 5.69 Å². The summed E-state index contributed by atoms with van der Waals surface area (Å²) in [4.78, 5) is 0. The van der Waals surface area contributed by atoms with E-state index in [1.54, 1.807) is 18.2 Å². The fourth-order valence-corrected chi connectivity index (χ4v) is 1.61. The Hall–Kier alpha value is -1.16. The van der Waals surface area contributed by atoms with Gasteiger partial charge in [0.2, 0.25) is 0 Å². The van der Waals surface area contributed by atoms with E-state index in [2.05, 4.69) is 0 Å². The number of hydrogen-bond acceptors (Lipinski definition) is 0. The van der Waals surface area contributed by atoms with Crippen molar-refractivity contribution in [1.82, 2.24) is 4.09 Å². The van der Waals surface area contributed by atoms with Crippen LogP contribution in [0.4, 0.5) is 13.2 Å². The van der Waals surface area contributed by atoms with E-state index in [4.69, 9.17) is 11.8 Å². The molecule has 5 heteroatoms. The molecule has 0 atom stereocenters. The molecule has 14 heavy (non-hydrogen) atoms. The van der Waals surface area contributed by atoms with Crippen LogP contribution in [0.2, 0.25) is 0 Å². The van der Waals surface area contributed by atoms with Crippen LogP contribution in [0.25, 0.3) is 10.9 Å². The zero-order valence-electron chi connectivity index (χ0n) is 6.85. The highest BCUT2D eigenvalue weighted by atomic mass is 35.5. The number of para-hydroxylation sites is 1. The number of halogens is 4. The summed E-state index contributed by atoms with van der Waals surface area (Å²) < 4.78 is 37.8. The molecule has 1 nitrogen and oxygen atoms in total. The Morgan fingerprint density at radius 1 is 1.14 bits per heavy atom. The van der Waals surface area contributed by atoms with Gasteiger partial charge >= 0.3 is 6.18 Å². The Labute approximate surface area is 82.8 Å². The lowest BCUT2D eigenvalue weighted by atomic mass is 10.2. The van der Waals surface area contributed by atoms with Crippen LogP contribution in [-0.2, 0) is 6.18 Å². The number of nitrogens with zero attached hydrogens (tertiary/aromatic N) is 1. The van der Waals surface area contributed by atoms with Gasteiger partial charge in [-0.3, -0.25) is 0 Å². The number of benzene rings is 1. The summed E-state index contributed by atoms with van der Waals surface area (Å²) in [7, 11) is 0. The Balaban J connectivity index is 2.75. The summed E-state index contributed by atoms with van der Waals surface area (Å²) in [5.74, 6) is 0. The first-order valence-corrected chi connectivity index (χ1v) is 4.18. The first kappa shape index (κ1) is 9.40. The monoisotopic (exact) mass is 219 g/mol.